The number of halogens is 1. The first kappa shape index (κ1) is 26.9. The van der Waals surface area contributed by atoms with Crippen molar-refractivity contribution in [2.75, 3.05) is 44.3 Å². The second-order valence-corrected chi connectivity index (χ2v) is 12.8. The summed E-state index contributed by atoms with van der Waals surface area (Å²) in [5, 5.41) is 4.43. The fraction of sp³-hybridized carbons (Fsp3) is 0.645. The average molecular weight is 566 g/mol. The van der Waals surface area contributed by atoms with Gasteiger partial charge >= 0.3 is 6.09 Å². The number of carbonyl (C=O) groups excluding carboxylic acids is 2. The van der Waals surface area contributed by atoms with E-state index in [0.29, 0.717) is 37.4 Å². The number of hydrogen-bond acceptors (Lipinski definition) is 6. The van der Waals surface area contributed by atoms with E-state index in [1.807, 2.05) is 29.8 Å². The summed E-state index contributed by atoms with van der Waals surface area (Å²) < 4.78 is 27.5. The standard InChI is InChI=1S/C31H40FN5O4/c1-20-14-26(33-34(20)2)29(38)37-19-31(25-16-22(32)5-6-27(25)37)8-11-35(12-9-31)23-15-21-4-3-10-36(28(21)17-23)30(39)41-24-7-13-40-18-24/h5-6,14,16,21,23-24,28H,3-4,7-13,15,17-19H2,1-2H3/t21?,23?,24-,28?/m0/s1. The Morgan fingerprint density at radius 2 is 1.95 bits per heavy atom. The maximum absolute atomic E-state index is 14.6. The molecule has 1 aliphatic carbocycles. The van der Waals surface area contributed by atoms with Gasteiger partial charge in [0.2, 0.25) is 0 Å². The number of ether oxygens (including phenoxy) is 2. The van der Waals surface area contributed by atoms with Crippen LogP contribution >= 0.6 is 0 Å². The van der Waals surface area contributed by atoms with Crippen molar-refractivity contribution in [3.05, 3.63) is 47.0 Å². The van der Waals surface area contributed by atoms with Gasteiger partial charge in [-0.1, -0.05) is 0 Å². The van der Waals surface area contributed by atoms with Gasteiger partial charge in [0.15, 0.2) is 5.69 Å². The van der Waals surface area contributed by atoms with Crippen LogP contribution in [0, 0.1) is 18.7 Å². The quantitative estimate of drug-likeness (QED) is 0.559. The molecule has 4 atom stereocenters. The molecule has 0 radical (unpaired) electrons. The van der Waals surface area contributed by atoms with Crippen LogP contribution in [-0.2, 0) is 21.9 Å². The molecule has 41 heavy (non-hydrogen) atoms. The molecule has 2 aromatic rings. The first-order valence-corrected chi connectivity index (χ1v) is 15.2. The SMILES string of the molecule is Cc1cc(C(=O)N2CC3(CCN(C4CC5CCCN(C(=O)O[C@H]6CCOC6)C5C4)CC3)c3cc(F)ccc32)nn1C. The van der Waals surface area contributed by atoms with Crippen molar-refractivity contribution < 1.29 is 23.5 Å². The maximum atomic E-state index is 14.6. The number of piperidine rings is 2. The van der Waals surface area contributed by atoms with Gasteiger partial charge < -0.3 is 24.2 Å². The van der Waals surface area contributed by atoms with Crippen molar-refractivity contribution in [1.29, 1.82) is 0 Å². The van der Waals surface area contributed by atoms with Crippen molar-refractivity contribution in [3.8, 4) is 0 Å². The zero-order chi connectivity index (χ0) is 28.3. The molecule has 0 N–H and O–H groups in total. The molecule has 7 rings (SSSR count). The highest BCUT2D eigenvalue weighted by molar-refractivity contribution is 6.06. The number of rotatable bonds is 3. The third-order valence-electron chi connectivity index (χ3n) is 10.5. The predicted molar refractivity (Wildman–Crippen MR) is 150 cm³/mol. The molecule has 9 nitrogen and oxygen atoms in total. The smallest absolute Gasteiger partial charge is 0.410 e. The number of amides is 2. The molecule has 1 saturated carbocycles. The maximum Gasteiger partial charge on any atom is 0.410 e. The topological polar surface area (TPSA) is 80.1 Å². The van der Waals surface area contributed by atoms with E-state index in [0.717, 1.165) is 81.5 Å². The van der Waals surface area contributed by atoms with Crippen LogP contribution in [0.4, 0.5) is 14.9 Å². The first-order valence-electron chi connectivity index (χ1n) is 15.2. The highest BCUT2D eigenvalue weighted by Gasteiger charge is 2.50. The third kappa shape index (κ3) is 4.73. The largest absolute Gasteiger partial charge is 0.444 e. The van der Waals surface area contributed by atoms with Crippen LogP contribution in [0.3, 0.4) is 0 Å². The van der Waals surface area contributed by atoms with E-state index in [2.05, 4.69) is 10.00 Å². The summed E-state index contributed by atoms with van der Waals surface area (Å²) in [4.78, 5) is 33.1. The van der Waals surface area contributed by atoms with Crippen molar-refractivity contribution in [1.82, 2.24) is 19.6 Å². The first-order chi connectivity index (χ1) is 19.8. The van der Waals surface area contributed by atoms with Crippen LogP contribution in [0.25, 0.3) is 0 Å². The van der Waals surface area contributed by atoms with Gasteiger partial charge in [-0.05, 0) is 94.3 Å². The molecule has 4 fully saturated rings. The third-order valence-corrected chi connectivity index (χ3v) is 10.5. The van der Waals surface area contributed by atoms with E-state index >= 15 is 0 Å². The minimum Gasteiger partial charge on any atom is -0.444 e. The zero-order valence-electron chi connectivity index (χ0n) is 24.1. The van der Waals surface area contributed by atoms with Crippen LogP contribution < -0.4 is 4.90 Å². The minimum absolute atomic E-state index is 0.120. The highest BCUT2D eigenvalue weighted by Crippen LogP contribution is 2.49. The van der Waals surface area contributed by atoms with E-state index in [9.17, 15) is 14.0 Å². The Morgan fingerprint density at radius 3 is 2.68 bits per heavy atom. The Hall–Kier alpha value is -2.98. The van der Waals surface area contributed by atoms with Crippen LogP contribution in [0.2, 0.25) is 0 Å². The molecular formula is C31H40FN5O4. The summed E-state index contributed by atoms with van der Waals surface area (Å²) >= 11 is 0. The van der Waals surface area contributed by atoms with Gasteiger partial charge in [-0.3, -0.25) is 9.48 Å². The normalized spacial score (nSPS) is 29.1. The number of aromatic nitrogens is 2. The molecule has 1 aromatic carbocycles. The number of fused-ring (bicyclic) bond motifs is 3. The number of aryl methyl sites for hydroxylation is 2. The van der Waals surface area contributed by atoms with Crippen LogP contribution in [0.15, 0.2) is 24.3 Å². The highest BCUT2D eigenvalue weighted by atomic mass is 19.1. The van der Waals surface area contributed by atoms with Crippen LogP contribution in [0.1, 0.15) is 66.7 Å². The predicted octanol–water partition coefficient (Wildman–Crippen LogP) is 4.03. The number of anilines is 1. The summed E-state index contributed by atoms with van der Waals surface area (Å²) in [5.74, 6) is 0.120. The fourth-order valence-electron chi connectivity index (χ4n) is 8.17. The molecule has 5 aliphatic rings. The molecule has 3 saturated heterocycles. The van der Waals surface area contributed by atoms with E-state index < -0.39 is 0 Å². The van der Waals surface area contributed by atoms with Crippen molar-refractivity contribution in [3.63, 3.8) is 0 Å². The number of carbonyl (C=O) groups is 2. The van der Waals surface area contributed by atoms with E-state index in [1.165, 1.54) is 6.07 Å². The number of benzene rings is 1. The minimum atomic E-state index is -0.266. The molecule has 2 amide bonds. The van der Waals surface area contributed by atoms with Gasteiger partial charge in [-0.2, -0.15) is 5.10 Å². The summed E-state index contributed by atoms with van der Waals surface area (Å²) in [7, 11) is 1.84. The van der Waals surface area contributed by atoms with Crippen molar-refractivity contribution in [2.45, 2.75) is 75.5 Å². The summed E-state index contributed by atoms with van der Waals surface area (Å²) in [6, 6.07) is 7.33. The van der Waals surface area contributed by atoms with E-state index in [-0.39, 0.29) is 35.4 Å². The van der Waals surface area contributed by atoms with Crippen LogP contribution in [0.5, 0.6) is 0 Å². The fourth-order valence-corrected chi connectivity index (χ4v) is 8.17. The second-order valence-electron chi connectivity index (χ2n) is 12.8. The Bertz CT molecular complexity index is 1310. The lowest BCUT2D eigenvalue weighted by atomic mass is 9.74. The molecule has 0 bridgehead atoms. The lowest BCUT2D eigenvalue weighted by molar-refractivity contribution is 0.0286. The molecule has 5 heterocycles. The lowest BCUT2D eigenvalue weighted by Crippen LogP contribution is -2.49. The van der Waals surface area contributed by atoms with Gasteiger partial charge in [0, 0.05) is 55.4 Å². The van der Waals surface area contributed by atoms with E-state index in [1.54, 1.807) is 16.8 Å². The molecule has 220 valence electrons. The van der Waals surface area contributed by atoms with Crippen LogP contribution in [-0.4, -0.2) is 89.2 Å². The summed E-state index contributed by atoms with van der Waals surface area (Å²) in [6.45, 7) is 6.21. The van der Waals surface area contributed by atoms with Gasteiger partial charge in [0.25, 0.3) is 5.91 Å². The second kappa shape index (κ2) is 10.4. The van der Waals surface area contributed by atoms with Gasteiger partial charge in [-0.15, -0.1) is 0 Å². The molecule has 10 heteroatoms. The average Bonchev–Trinajstić information content (AvgIpc) is 3.76. The number of nitrogens with zero attached hydrogens (tertiary/aromatic N) is 5. The van der Waals surface area contributed by atoms with Gasteiger partial charge in [0.1, 0.15) is 11.9 Å². The Balaban J connectivity index is 1.04. The summed E-state index contributed by atoms with van der Waals surface area (Å²) in [5.41, 5.74) is 2.83. The van der Waals surface area contributed by atoms with Gasteiger partial charge in [-0.25, -0.2) is 9.18 Å². The number of hydrogen-bond donors (Lipinski definition) is 0. The monoisotopic (exact) mass is 565 g/mol. The number of likely N-dealkylation sites (tertiary alicyclic amines) is 2. The summed E-state index contributed by atoms with van der Waals surface area (Å²) in [6.07, 6.45) is 6.48. The van der Waals surface area contributed by atoms with Gasteiger partial charge in [0.05, 0.1) is 13.2 Å². The van der Waals surface area contributed by atoms with E-state index in [4.69, 9.17) is 9.47 Å². The Labute approximate surface area is 240 Å². The Kier molecular flexibility index (Phi) is 6.81. The van der Waals surface area contributed by atoms with Crippen molar-refractivity contribution >= 4 is 17.7 Å². The van der Waals surface area contributed by atoms with Crippen molar-refractivity contribution in [2.24, 2.45) is 13.0 Å². The lowest BCUT2D eigenvalue weighted by Gasteiger charge is -2.42. The molecule has 1 spiro atoms. The molecular weight excluding hydrogens is 525 g/mol. The molecule has 3 unspecified atom stereocenters. The molecule has 1 aromatic heterocycles. The molecule has 4 aliphatic heterocycles. The zero-order valence-corrected chi connectivity index (χ0v) is 24.1. The Morgan fingerprint density at radius 1 is 1.12 bits per heavy atom.